The van der Waals surface area contributed by atoms with Crippen LogP contribution in [0.1, 0.15) is 18.9 Å². The summed E-state index contributed by atoms with van der Waals surface area (Å²) in [6.07, 6.45) is 0.0791. The van der Waals surface area contributed by atoms with E-state index in [-0.39, 0.29) is 5.91 Å². The van der Waals surface area contributed by atoms with Crippen molar-refractivity contribution in [3.8, 4) is 5.75 Å². The van der Waals surface area contributed by atoms with Gasteiger partial charge in [-0.2, -0.15) is 0 Å². The van der Waals surface area contributed by atoms with Crippen LogP contribution in [0.25, 0.3) is 0 Å². The molecule has 0 aliphatic carbocycles. The van der Waals surface area contributed by atoms with E-state index in [9.17, 15) is 4.79 Å². The van der Waals surface area contributed by atoms with Gasteiger partial charge in [0.25, 0.3) is 5.91 Å². The molecule has 7 heteroatoms. The molecule has 1 amide bonds. The van der Waals surface area contributed by atoms with Crippen molar-refractivity contribution in [1.82, 2.24) is 10.2 Å². The minimum absolute atomic E-state index is 0.253. The van der Waals surface area contributed by atoms with Crippen molar-refractivity contribution in [1.29, 1.82) is 0 Å². The standard InChI is InChI=1S/C15H19N3O3S/c1-3-20-10-9-13-17-18-15(22-13)16-14(19)11(2)21-12-7-5-4-6-8-12/h4-8,11H,3,9-10H2,1-2H3,(H,16,18,19). The van der Waals surface area contributed by atoms with E-state index < -0.39 is 6.10 Å². The first-order chi connectivity index (χ1) is 10.7. The number of para-hydroxylation sites is 1. The van der Waals surface area contributed by atoms with Crippen molar-refractivity contribution in [2.24, 2.45) is 0 Å². The third-order valence-electron chi connectivity index (χ3n) is 2.79. The van der Waals surface area contributed by atoms with Crippen molar-refractivity contribution < 1.29 is 14.3 Å². The zero-order chi connectivity index (χ0) is 15.8. The fourth-order valence-corrected chi connectivity index (χ4v) is 2.40. The highest BCUT2D eigenvalue weighted by Crippen LogP contribution is 2.17. The number of carbonyl (C=O) groups excluding carboxylic acids is 1. The van der Waals surface area contributed by atoms with Crippen LogP contribution in [0, 0.1) is 0 Å². The number of aromatic nitrogens is 2. The summed E-state index contributed by atoms with van der Waals surface area (Å²) < 4.78 is 10.8. The van der Waals surface area contributed by atoms with Crippen molar-refractivity contribution in [3.63, 3.8) is 0 Å². The molecule has 0 fully saturated rings. The van der Waals surface area contributed by atoms with Crippen LogP contribution in [-0.2, 0) is 16.0 Å². The highest BCUT2D eigenvalue weighted by Gasteiger charge is 2.16. The summed E-state index contributed by atoms with van der Waals surface area (Å²) in [7, 11) is 0. The molecule has 0 aliphatic heterocycles. The first-order valence-corrected chi connectivity index (χ1v) is 7.93. The van der Waals surface area contributed by atoms with Gasteiger partial charge in [0.1, 0.15) is 10.8 Å². The Morgan fingerprint density at radius 3 is 2.82 bits per heavy atom. The Kier molecular flexibility index (Phi) is 6.29. The van der Waals surface area contributed by atoms with E-state index in [0.29, 0.717) is 30.5 Å². The van der Waals surface area contributed by atoms with E-state index in [0.717, 1.165) is 5.01 Å². The van der Waals surface area contributed by atoms with Gasteiger partial charge in [0.05, 0.1) is 6.61 Å². The molecule has 6 nitrogen and oxygen atoms in total. The zero-order valence-corrected chi connectivity index (χ0v) is 13.4. The van der Waals surface area contributed by atoms with Crippen LogP contribution in [0.5, 0.6) is 5.75 Å². The van der Waals surface area contributed by atoms with Crippen molar-refractivity contribution in [3.05, 3.63) is 35.3 Å². The highest BCUT2D eigenvalue weighted by atomic mass is 32.1. The van der Waals surface area contributed by atoms with Gasteiger partial charge in [-0.05, 0) is 26.0 Å². The second kappa shape index (κ2) is 8.45. The fourth-order valence-electron chi connectivity index (χ4n) is 1.67. The Morgan fingerprint density at radius 1 is 1.32 bits per heavy atom. The van der Waals surface area contributed by atoms with Gasteiger partial charge in [0.15, 0.2) is 6.10 Å². The normalized spacial score (nSPS) is 11.9. The Morgan fingerprint density at radius 2 is 2.09 bits per heavy atom. The average molecular weight is 321 g/mol. The molecule has 0 saturated carbocycles. The Labute approximate surface area is 133 Å². The van der Waals surface area contributed by atoms with Crippen LogP contribution in [0.2, 0.25) is 0 Å². The first kappa shape index (κ1) is 16.4. The third kappa shape index (κ3) is 5.09. The summed E-state index contributed by atoms with van der Waals surface area (Å²) in [4.78, 5) is 12.1. The number of carbonyl (C=O) groups is 1. The van der Waals surface area contributed by atoms with E-state index in [1.54, 1.807) is 19.1 Å². The minimum Gasteiger partial charge on any atom is -0.481 e. The lowest BCUT2D eigenvalue weighted by Gasteiger charge is -2.13. The van der Waals surface area contributed by atoms with Gasteiger partial charge >= 0.3 is 0 Å². The van der Waals surface area contributed by atoms with Gasteiger partial charge in [0.2, 0.25) is 5.13 Å². The summed E-state index contributed by atoms with van der Waals surface area (Å²) in [6.45, 7) is 4.92. The van der Waals surface area contributed by atoms with Crippen molar-refractivity contribution in [2.75, 3.05) is 18.5 Å². The summed E-state index contributed by atoms with van der Waals surface area (Å²) >= 11 is 1.35. The molecule has 0 radical (unpaired) electrons. The molecule has 22 heavy (non-hydrogen) atoms. The van der Waals surface area contributed by atoms with Crippen LogP contribution < -0.4 is 10.1 Å². The van der Waals surface area contributed by atoms with Crippen LogP contribution in [0.3, 0.4) is 0 Å². The Hall–Kier alpha value is -1.99. The van der Waals surface area contributed by atoms with Gasteiger partial charge in [-0.25, -0.2) is 0 Å². The average Bonchev–Trinajstić information content (AvgIpc) is 2.96. The molecule has 2 rings (SSSR count). The van der Waals surface area contributed by atoms with E-state index in [4.69, 9.17) is 9.47 Å². The number of hydrogen-bond donors (Lipinski definition) is 1. The molecular weight excluding hydrogens is 302 g/mol. The summed E-state index contributed by atoms with van der Waals surface area (Å²) in [5, 5.41) is 12.0. The fraction of sp³-hybridized carbons (Fsp3) is 0.400. The molecule has 0 aliphatic rings. The van der Waals surface area contributed by atoms with Gasteiger partial charge in [0, 0.05) is 13.0 Å². The maximum atomic E-state index is 12.1. The van der Waals surface area contributed by atoms with Gasteiger partial charge in [-0.3, -0.25) is 10.1 Å². The lowest BCUT2D eigenvalue weighted by atomic mass is 10.3. The number of benzene rings is 1. The Balaban J connectivity index is 1.83. The molecule has 1 heterocycles. The number of anilines is 1. The SMILES string of the molecule is CCOCCc1nnc(NC(=O)C(C)Oc2ccccc2)s1. The molecular formula is C15H19N3O3S. The van der Waals surface area contributed by atoms with Crippen LogP contribution in [-0.4, -0.2) is 35.4 Å². The molecule has 118 valence electrons. The lowest BCUT2D eigenvalue weighted by Crippen LogP contribution is -2.30. The smallest absolute Gasteiger partial charge is 0.266 e. The first-order valence-electron chi connectivity index (χ1n) is 7.11. The van der Waals surface area contributed by atoms with E-state index in [2.05, 4.69) is 15.5 Å². The quantitative estimate of drug-likeness (QED) is 0.756. The van der Waals surface area contributed by atoms with Gasteiger partial charge in [-0.15, -0.1) is 10.2 Å². The summed E-state index contributed by atoms with van der Waals surface area (Å²) in [5.41, 5.74) is 0. The second-order valence-electron chi connectivity index (χ2n) is 4.51. The molecule has 1 unspecified atom stereocenters. The number of nitrogens with zero attached hydrogens (tertiary/aromatic N) is 2. The largest absolute Gasteiger partial charge is 0.481 e. The van der Waals surface area contributed by atoms with Crippen LogP contribution >= 0.6 is 11.3 Å². The predicted octanol–water partition coefficient (Wildman–Crippen LogP) is 2.52. The zero-order valence-electron chi connectivity index (χ0n) is 12.6. The maximum absolute atomic E-state index is 12.1. The predicted molar refractivity (Wildman–Crippen MR) is 85.3 cm³/mol. The lowest BCUT2D eigenvalue weighted by molar-refractivity contribution is -0.122. The number of ether oxygens (including phenoxy) is 2. The summed E-state index contributed by atoms with van der Waals surface area (Å²) in [5.74, 6) is 0.399. The molecule has 1 N–H and O–H groups in total. The van der Waals surface area contributed by atoms with Gasteiger partial charge in [-0.1, -0.05) is 29.5 Å². The maximum Gasteiger partial charge on any atom is 0.266 e. The number of nitrogens with one attached hydrogen (secondary N) is 1. The molecule has 0 bridgehead atoms. The molecule has 0 spiro atoms. The van der Waals surface area contributed by atoms with E-state index >= 15 is 0 Å². The number of rotatable bonds is 8. The topological polar surface area (TPSA) is 73.3 Å². The van der Waals surface area contributed by atoms with E-state index in [1.807, 2.05) is 25.1 Å². The summed E-state index contributed by atoms with van der Waals surface area (Å²) in [6, 6.07) is 9.22. The molecule has 1 aromatic heterocycles. The molecule has 2 aromatic rings. The second-order valence-corrected chi connectivity index (χ2v) is 5.57. The highest BCUT2D eigenvalue weighted by molar-refractivity contribution is 7.15. The van der Waals surface area contributed by atoms with Crippen molar-refractivity contribution in [2.45, 2.75) is 26.4 Å². The number of amides is 1. The monoisotopic (exact) mass is 321 g/mol. The van der Waals surface area contributed by atoms with Crippen molar-refractivity contribution >= 4 is 22.4 Å². The van der Waals surface area contributed by atoms with Crippen LogP contribution in [0.15, 0.2) is 30.3 Å². The molecule has 1 aromatic carbocycles. The van der Waals surface area contributed by atoms with Gasteiger partial charge < -0.3 is 9.47 Å². The number of hydrogen-bond acceptors (Lipinski definition) is 6. The van der Waals surface area contributed by atoms with Crippen LogP contribution in [0.4, 0.5) is 5.13 Å². The third-order valence-corrected chi connectivity index (χ3v) is 3.69. The molecule has 1 atom stereocenters. The Bertz CT molecular complexity index is 589. The minimum atomic E-state index is -0.613. The van der Waals surface area contributed by atoms with E-state index in [1.165, 1.54) is 11.3 Å². The molecule has 0 saturated heterocycles.